The Morgan fingerprint density at radius 1 is 1.25 bits per heavy atom. The molecule has 6 heteroatoms. The zero-order chi connectivity index (χ0) is 17.5. The van der Waals surface area contributed by atoms with Crippen LogP contribution in [0.5, 0.6) is 5.75 Å². The second-order valence-electron chi connectivity index (χ2n) is 5.91. The normalized spacial score (nSPS) is 10.7. The summed E-state index contributed by atoms with van der Waals surface area (Å²) in [5.41, 5.74) is 7.45. The Bertz CT molecular complexity index is 684. The van der Waals surface area contributed by atoms with Gasteiger partial charge in [-0.2, -0.15) is 0 Å². The average molecular weight is 328 g/mol. The van der Waals surface area contributed by atoms with Crippen LogP contribution in [0.4, 0.5) is 5.95 Å². The summed E-state index contributed by atoms with van der Waals surface area (Å²) in [6, 6.07) is 9.21. The summed E-state index contributed by atoms with van der Waals surface area (Å²) in [6.07, 6.45) is 1.01. The van der Waals surface area contributed by atoms with E-state index in [0.717, 1.165) is 17.7 Å². The van der Waals surface area contributed by atoms with Crippen molar-refractivity contribution in [1.82, 2.24) is 15.3 Å². The molecular formula is C18H24N4O2. The molecule has 2 rings (SSSR count). The SMILES string of the molecule is CCNC(=O)c1cc(-c2ccc(OCCC(C)C)cc2)nc(N)n1. The van der Waals surface area contributed by atoms with E-state index >= 15 is 0 Å². The molecule has 0 saturated heterocycles. The molecular weight excluding hydrogens is 304 g/mol. The second kappa shape index (κ2) is 8.29. The first-order valence-corrected chi connectivity index (χ1v) is 8.15. The van der Waals surface area contributed by atoms with Gasteiger partial charge in [0.25, 0.3) is 5.91 Å². The molecule has 0 radical (unpaired) electrons. The number of nitrogens with zero attached hydrogens (tertiary/aromatic N) is 2. The molecule has 0 aliphatic carbocycles. The van der Waals surface area contributed by atoms with Crippen molar-refractivity contribution in [2.45, 2.75) is 27.2 Å². The number of hydrogen-bond donors (Lipinski definition) is 2. The molecule has 0 bridgehead atoms. The summed E-state index contributed by atoms with van der Waals surface area (Å²) in [6.45, 7) is 7.40. The van der Waals surface area contributed by atoms with Crippen molar-refractivity contribution in [3.63, 3.8) is 0 Å². The molecule has 128 valence electrons. The lowest BCUT2D eigenvalue weighted by Crippen LogP contribution is -2.24. The van der Waals surface area contributed by atoms with E-state index in [0.29, 0.717) is 24.8 Å². The number of nitrogen functional groups attached to an aromatic ring is 1. The lowest BCUT2D eigenvalue weighted by Gasteiger charge is -2.09. The summed E-state index contributed by atoms with van der Waals surface area (Å²) in [7, 11) is 0. The number of rotatable bonds is 7. The van der Waals surface area contributed by atoms with Gasteiger partial charge in [0.1, 0.15) is 11.4 Å². The lowest BCUT2D eigenvalue weighted by atomic mass is 10.1. The molecule has 0 saturated carbocycles. The fourth-order valence-corrected chi connectivity index (χ4v) is 2.12. The van der Waals surface area contributed by atoms with Crippen molar-refractivity contribution < 1.29 is 9.53 Å². The van der Waals surface area contributed by atoms with Crippen LogP contribution in [0.25, 0.3) is 11.3 Å². The third kappa shape index (κ3) is 4.94. The summed E-state index contributed by atoms with van der Waals surface area (Å²) in [5.74, 6) is 1.24. The molecule has 1 amide bonds. The molecule has 2 aromatic rings. The number of hydrogen-bond acceptors (Lipinski definition) is 5. The van der Waals surface area contributed by atoms with Crippen LogP contribution < -0.4 is 15.8 Å². The standard InChI is InChI=1S/C18H24N4O2/c1-4-20-17(23)16-11-15(21-18(19)22-16)13-5-7-14(8-6-13)24-10-9-12(2)3/h5-8,11-12H,4,9-10H2,1-3H3,(H,20,23)(H2,19,21,22). The van der Waals surface area contributed by atoms with Crippen molar-refractivity contribution >= 4 is 11.9 Å². The summed E-state index contributed by atoms with van der Waals surface area (Å²) >= 11 is 0. The van der Waals surface area contributed by atoms with Crippen molar-refractivity contribution in [2.24, 2.45) is 5.92 Å². The Balaban J connectivity index is 2.15. The minimum atomic E-state index is -0.263. The highest BCUT2D eigenvalue weighted by Gasteiger charge is 2.11. The molecule has 0 atom stereocenters. The van der Waals surface area contributed by atoms with E-state index in [2.05, 4.69) is 29.1 Å². The quantitative estimate of drug-likeness (QED) is 0.815. The van der Waals surface area contributed by atoms with Crippen LogP contribution in [-0.4, -0.2) is 29.0 Å². The molecule has 0 spiro atoms. The van der Waals surface area contributed by atoms with Crippen LogP contribution in [0, 0.1) is 5.92 Å². The summed E-state index contributed by atoms with van der Waals surface area (Å²) < 4.78 is 5.70. The first-order chi connectivity index (χ1) is 11.5. The maximum atomic E-state index is 11.9. The molecule has 24 heavy (non-hydrogen) atoms. The molecule has 3 N–H and O–H groups in total. The predicted molar refractivity (Wildman–Crippen MR) is 94.8 cm³/mol. The molecule has 1 aromatic carbocycles. The van der Waals surface area contributed by atoms with E-state index in [4.69, 9.17) is 10.5 Å². The molecule has 0 fully saturated rings. The highest BCUT2D eigenvalue weighted by molar-refractivity contribution is 5.93. The molecule has 1 aromatic heterocycles. The molecule has 0 aliphatic heterocycles. The van der Waals surface area contributed by atoms with Gasteiger partial charge in [0.2, 0.25) is 5.95 Å². The van der Waals surface area contributed by atoms with E-state index in [9.17, 15) is 4.79 Å². The molecule has 6 nitrogen and oxygen atoms in total. The van der Waals surface area contributed by atoms with Crippen LogP contribution >= 0.6 is 0 Å². The van der Waals surface area contributed by atoms with Crippen LogP contribution in [0.1, 0.15) is 37.7 Å². The molecule has 0 unspecified atom stereocenters. The number of aromatic nitrogens is 2. The number of anilines is 1. The van der Waals surface area contributed by atoms with Crippen molar-refractivity contribution in [2.75, 3.05) is 18.9 Å². The minimum Gasteiger partial charge on any atom is -0.494 e. The second-order valence-corrected chi connectivity index (χ2v) is 5.91. The number of carbonyl (C=O) groups excluding carboxylic acids is 1. The Morgan fingerprint density at radius 2 is 1.96 bits per heavy atom. The van der Waals surface area contributed by atoms with Crippen molar-refractivity contribution in [3.8, 4) is 17.0 Å². The number of ether oxygens (including phenoxy) is 1. The summed E-state index contributed by atoms with van der Waals surface area (Å²) in [5, 5.41) is 2.70. The van der Waals surface area contributed by atoms with Gasteiger partial charge in [-0.3, -0.25) is 4.79 Å². The van der Waals surface area contributed by atoms with Gasteiger partial charge in [0.15, 0.2) is 0 Å². The largest absolute Gasteiger partial charge is 0.494 e. The van der Waals surface area contributed by atoms with Crippen LogP contribution in [0.2, 0.25) is 0 Å². The monoisotopic (exact) mass is 328 g/mol. The van der Waals surface area contributed by atoms with Gasteiger partial charge in [-0.15, -0.1) is 0 Å². The lowest BCUT2D eigenvalue weighted by molar-refractivity contribution is 0.0951. The third-order valence-corrected chi connectivity index (χ3v) is 3.43. The van der Waals surface area contributed by atoms with Gasteiger partial charge < -0.3 is 15.8 Å². The van der Waals surface area contributed by atoms with Gasteiger partial charge in [-0.1, -0.05) is 13.8 Å². The van der Waals surface area contributed by atoms with Gasteiger partial charge in [-0.05, 0) is 49.6 Å². The van der Waals surface area contributed by atoms with Crippen LogP contribution in [0.3, 0.4) is 0 Å². The van der Waals surface area contributed by atoms with Crippen LogP contribution in [-0.2, 0) is 0 Å². The number of amides is 1. The van der Waals surface area contributed by atoms with Gasteiger partial charge >= 0.3 is 0 Å². The van der Waals surface area contributed by atoms with E-state index in [-0.39, 0.29) is 17.5 Å². The van der Waals surface area contributed by atoms with Crippen LogP contribution in [0.15, 0.2) is 30.3 Å². The smallest absolute Gasteiger partial charge is 0.270 e. The molecule has 1 heterocycles. The zero-order valence-electron chi connectivity index (χ0n) is 14.4. The Hall–Kier alpha value is -2.63. The Kier molecular flexibility index (Phi) is 6.12. The average Bonchev–Trinajstić information content (AvgIpc) is 2.55. The van der Waals surface area contributed by atoms with E-state index < -0.39 is 0 Å². The zero-order valence-corrected chi connectivity index (χ0v) is 14.4. The minimum absolute atomic E-state index is 0.0750. The van der Waals surface area contributed by atoms with Gasteiger partial charge in [-0.25, -0.2) is 9.97 Å². The number of carbonyl (C=O) groups is 1. The predicted octanol–water partition coefficient (Wildman–Crippen LogP) is 2.90. The fraction of sp³-hybridized carbons (Fsp3) is 0.389. The Morgan fingerprint density at radius 3 is 2.58 bits per heavy atom. The topological polar surface area (TPSA) is 90.1 Å². The third-order valence-electron chi connectivity index (χ3n) is 3.43. The number of nitrogens with two attached hydrogens (primary N) is 1. The maximum absolute atomic E-state index is 11.9. The van der Waals surface area contributed by atoms with E-state index in [1.807, 2.05) is 31.2 Å². The van der Waals surface area contributed by atoms with Gasteiger partial charge in [0.05, 0.1) is 12.3 Å². The van der Waals surface area contributed by atoms with Gasteiger partial charge in [0, 0.05) is 12.1 Å². The highest BCUT2D eigenvalue weighted by atomic mass is 16.5. The van der Waals surface area contributed by atoms with Crippen molar-refractivity contribution in [1.29, 1.82) is 0 Å². The van der Waals surface area contributed by atoms with Crippen molar-refractivity contribution in [3.05, 3.63) is 36.0 Å². The molecule has 0 aliphatic rings. The highest BCUT2D eigenvalue weighted by Crippen LogP contribution is 2.22. The maximum Gasteiger partial charge on any atom is 0.270 e. The first kappa shape index (κ1) is 17.7. The summed E-state index contributed by atoms with van der Waals surface area (Å²) in [4.78, 5) is 20.1. The number of nitrogens with one attached hydrogen (secondary N) is 1. The van der Waals surface area contributed by atoms with E-state index in [1.54, 1.807) is 6.07 Å². The fourth-order valence-electron chi connectivity index (χ4n) is 2.12. The first-order valence-electron chi connectivity index (χ1n) is 8.15. The Labute approximate surface area is 142 Å². The van der Waals surface area contributed by atoms with E-state index in [1.165, 1.54) is 0 Å². The number of benzene rings is 1.